The summed E-state index contributed by atoms with van der Waals surface area (Å²) in [4.78, 5) is 23.0. The summed E-state index contributed by atoms with van der Waals surface area (Å²) in [5, 5.41) is 0. The average molecular weight is 252 g/mol. The summed E-state index contributed by atoms with van der Waals surface area (Å²) in [7, 11) is 0. The highest BCUT2D eigenvalue weighted by molar-refractivity contribution is 5.78. The van der Waals surface area contributed by atoms with Gasteiger partial charge in [0.15, 0.2) is 0 Å². The quantitative estimate of drug-likeness (QED) is 0.571. The van der Waals surface area contributed by atoms with E-state index >= 15 is 0 Å². The van der Waals surface area contributed by atoms with Crippen molar-refractivity contribution < 1.29 is 19.1 Å². The number of rotatable bonds is 3. The van der Waals surface area contributed by atoms with Crippen molar-refractivity contribution in [3.05, 3.63) is 11.6 Å². The Bertz CT molecular complexity index is 393. The first kappa shape index (κ1) is 13.1. The van der Waals surface area contributed by atoms with Crippen LogP contribution in [0.4, 0.5) is 0 Å². The van der Waals surface area contributed by atoms with Crippen molar-refractivity contribution in [2.45, 2.75) is 46.1 Å². The van der Waals surface area contributed by atoms with Gasteiger partial charge < -0.3 is 9.47 Å². The summed E-state index contributed by atoms with van der Waals surface area (Å²) in [6.45, 7) is 5.57. The number of hydrogen-bond donors (Lipinski definition) is 0. The molecule has 4 nitrogen and oxygen atoms in total. The minimum atomic E-state index is -0.269. The first-order chi connectivity index (χ1) is 8.48. The number of carbonyl (C=O) groups excluding carboxylic acids is 2. The molecule has 1 fully saturated rings. The first-order valence-corrected chi connectivity index (χ1v) is 6.50. The topological polar surface area (TPSA) is 52.6 Å². The van der Waals surface area contributed by atoms with Gasteiger partial charge in [0, 0.05) is 6.92 Å². The first-order valence-electron chi connectivity index (χ1n) is 6.50. The van der Waals surface area contributed by atoms with Crippen LogP contribution >= 0.6 is 0 Å². The van der Waals surface area contributed by atoms with E-state index in [2.05, 4.69) is 0 Å². The van der Waals surface area contributed by atoms with Crippen LogP contribution in [-0.4, -0.2) is 24.6 Å². The van der Waals surface area contributed by atoms with Gasteiger partial charge in [-0.2, -0.15) is 0 Å². The molecule has 2 aliphatic carbocycles. The number of carbonyl (C=O) groups is 2. The highest BCUT2D eigenvalue weighted by Crippen LogP contribution is 2.60. The maximum absolute atomic E-state index is 12.0. The van der Waals surface area contributed by atoms with E-state index in [1.54, 1.807) is 0 Å². The molecular weight excluding hydrogens is 232 g/mol. The second-order valence-electron chi connectivity index (χ2n) is 5.31. The third-order valence-electron chi connectivity index (χ3n) is 3.86. The SMILES string of the molecule is CCOC(=O)C1C(C)=CC(OC(C)=O)CC12CC2. The molecule has 2 unspecified atom stereocenters. The van der Waals surface area contributed by atoms with Crippen LogP contribution in [0.5, 0.6) is 0 Å². The number of hydrogen-bond acceptors (Lipinski definition) is 4. The van der Waals surface area contributed by atoms with Gasteiger partial charge in [-0.1, -0.05) is 5.57 Å². The highest BCUT2D eigenvalue weighted by atomic mass is 16.5. The molecule has 2 aliphatic rings. The number of ether oxygens (including phenoxy) is 2. The monoisotopic (exact) mass is 252 g/mol. The lowest BCUT2D eigenvalue weighted by Crippen LogP contribution is -2.36. The van der Waals surface area contributed by atoms with Crippen molar-refractivity contribution in [3.63, 3.8) is 0 Å². The van der Waals surface area contributed by atoms with E-state index in [4.69, 9.17) is 9.47 Å². The van der Waals surface area contributed by atoms with Gasteiger partial charge in [-0.25, -0.2) is 0 Å². The van der Waals surface area contributed by atoms with Crippen LogP contribution in [0.25, 0.3) is 0 Å². The van der Waals surface area contributed by atoms with Gasteiger partial charge in [-0.15, -0.1) is 0 Å². The Hall–Kier alpha value is -1.32. The van der Waals surface area contributed by atoms with E-state index in [-0.39, 0.29) is 29.4 Å². The van der Waals surface area contributed by atoms with E-state index < -0.39 is 0 Å². The zero-order chi connectivity index (χ0) is 13.3. The van der Waals surface area contributed by atoms with Crippen LogP contribution in [0.2, 0.25) is 0 Å². The molecule has 0 N–H and O–H groups in total. The molecule has 2 atom stereocenters. The predicted molar refractivity (Wildman–Crippen MR) is 65.7 cm³/mol. The molecule has 2 rings (SSSR count). The molecule has 0 aromatic rings. The van der Waals surface area contributed by atoms with Crippen LogP contribution in [0.15, 0.2) is 11.6 Å². The van der Waals surface area contributed by atoms with Crippen molar-refractivity contribution in [1.82, 2.24) is 0 Å². The molecular formula is C14H20O4. The van der Waals surface area contributed by atoms with Gasteiger partial charge in [-0.3, -0.25) is 9.59 Å². The summed E-state index contributed by atoms with van der Waals surface area (Å²) in [6.07, 6.45) is 4.48. The summed E-state index contributed by atoms with van der Waals surface area (Å²) >= 11 is 0. The average Bonchev–Trinajstić information content (AvgIpc) is 2.96. The molecule has 0 saturated heterocycles. The van der Waals surface area contributed by atoms with Gasteiger partial charge in [-0.05, 0) is 44.6 Å². The van der Waals surface area contributed by atoms with Crippen LogP contribution in [-0.2, 0) is 19.1 Å². The molecule has 100 valence electrons. The van der Waals surface area contributed by atoms with E-state index in [1.165, 1.54) is 6.92 Å². The minimum absolute atomic E-state index is 0.0226. The standard InChI is InChI=1S/C14H20O4/c1-4-17-13(16)12-9(2)7-11(18-10(3)15)8-14(12)5-6-14/h7,11-12H,4-6,8H2,1-3H3. The fourth-order valence-corrected chi connectivity index (χ4v) is 3.05. The maximum Gasteiger partial charge on any atom is 0.313 e. The Morgan fingerprint density at radius 1 is 1.44 bits per heavy atom. The summed E-state index contributed by atoms with van der Waals surface area (Å²) in [5.41, 5.74) is 0.953. The van der Waals surface area contributed by atoms with Crippen molar-refractivity contribution in [2.75, 3.05) is 6.61 Å². The van der Waals surface area contributed by atoms with E-state index in [1.807, 2.05) is 19.9 Å². The third-order valence-corrected chi connectivity index (χ3v) is 3.86. The van der Waals surface area contributed by atoms with Crippen LogP contribution in [0.1, 0.15) is 40.0 Å². The van der Waals surface area contributed by atoms with E-state index in [0.29, 0.717) is 6.61 Å². The maximum atomic E-state index is 12.0. The largest absolute Gasteiger partial charge is 0.466 e. The van der Waals surface area contributed by atoms with E-state index in [0.717, 1.165) is 24.8 Å². The zero-order valence-corrected chi connectivity index (χ0v) is 11.2. The van der Waals surface area contributed by atoms with Gasteiger partial charge in [0.2, 0.25) is 0 Å². The Morgan fingerprint density at radius 2 is 2.11 bits per heavy atom. The van der Waals surface area contributed by atoms with Crippen LogP contribution < -0.4 is 0 Å². The van der Waals surface area contributed by atoms with Gasteiger partial charge in [0.25, 0.3) is 0 Å². The van der Waals surface area contributed by atoms with E-state index in [9.17, 15) is 9.59 Å². The molecule has 18 heavy (non-hydrogen) atoms. The summed E-state index contributed by atoms with van der Waals surface area (Å²) in [6, 6.07) is 0. The highest BCUT2D eigenvalue weighted by Gasteiger charge is 2.56. The minimum Gasteiger partial charge on any atom is -0.466 e. The molecule has 0 radical (unpaired) electrons. The lowest BCUT2D eigenvalue weighted by molar-refractivity contribution is -0.151. The van der Waals surface area contributed by atoms with Gasteiger partial charge in [0.1, 0.15) is 6.10 Å². The lowest BCUT2D eigenvalue weighted by atomic mass is 9.75. The van der Waals surface area contributed by atoms with Gasteiger partial charge >= 0.3 is 11.9 Å². The summed E-state index contributed by atoms with van der Waals surface area (Å²) < 4.78 is 10.4. The summed E-state index contributed by atoms with van der Waals surface area (Å²) in [5.74, 6) is -0.552. The van der Waals surface area contributed by atoms with Crippen molar-refractivity contribution in [3.8, 4) is 0 Å². The Kier molecular flexibility index (Phi) is 3.46. The Labute approximate surface area is 107 Å². The van der Waals surface area contributed by atoms with Crippen molar-refractivity contribution in [2.24, 2.45) is 11.3 Å². The fraction of sp³-hybridized carbons (Fsp3) is 0.714. The molecule has 0 aliphatic heterocycles. The van der Waals surface area contributed by atoms with Gasteiger partial charge in [0.05, 0.1) is 12.5 Å². The molecule has 0 bridgehead atoms. The van der Waals surface area contributed by atoms with Crippen LogP contribution in [0.3, 0.4) is 0 Å². The molecule has 1 saturated carbocycles. The molecule has 1 spiro atoms. The number of esters is 2. The molecule has 0 aromatic carbocycles. The second kappa shape index (κ2) is 4.75. The third kappa shape index (κ3) is 2.42. The van der Waals surface area contributed by atoms with Crippen LogP contribution in [0, 0.1) is 11.3 Å². The second-order valence-corrected chi connectivity index (χ2v) is 5.31. The smallest absolute Gasteiger partial charge is 0.313 e. The van der Waals surface area contributed by atoms with Crippen molar-refractivity contribution >= 4 is 11.9 Å². The molecule has 4 heteroatoms. The van der Waals surface area contributed by atoms with Crippen molar-refractivity contribution in [1.29, 1.82) is 0 Å². The zero-order valence-electron chi connectivity index (χ0n) is 11.2. The molecule has 0 aromatic heterocycles. The Balaban J connectivity index is 2.17. The Morgan fingerprint density at radius 3 is 2.61 bits per heavy atom. The predicted octanol–water partition coefficient (Wildman–Crippen LogP) is 2.23. The fourth-order valence-electron chi connectivity index (χ4n) is 3.05. The lowest BCUT2D eigenvalue weighted by Gasteiger charge is -2.33. The normalized spacial score (nSPS) is 28.5. The molecule has 0 heterocycles. The molecule has 0 amide bonds.